The fourth-order valence-corrected chi connectivity index (χ4v) is 1.13. The van der Waals surface area contributed by atoms with E-state index in [1.54, 1.807) is 0 Å². The van der Waals surface area contributed by atoms with Crippen molar-refractivity contribution in [3.8, 4) is 0 Å². The first-order valence-electron chi connectivity index (χ1n) is 4.66. The van der Waals surface area contributed by atoms with E-state index in [4.69, 9.17) is 4.42 Å². The Kier molecular flexibility index (Phi) is 3.29. The number of rotatable bonds is 3. The molecule has 0 aromatic carbocycles. The highest BCUT2D eigenvalue weighted by Gasteiger charge is 2.00. The normalized spacial score (nSPS) is 11.8. The van der Waals surface area contributed by atoms with Crippen molar-refractivity contribution in [2.24, 2.45) is 10.9 Å². The lowest BCUT2D eigenvalue weighted by Crippen LogP contribution is -1.92. The molecule has 0 atom stereocenters. The second kappa shape index (κ2) is 4.26. The van der Waals surface area contributed by atoms with E-state index in [-0.39, 0.29) is 0 Å². The van der Waals surface area contributed by atoms with Gasteiger partial charge in [-0.1, -0.05) is 13.8 Å². The summed E-state index contributed by atoms with van der Waals surface area (Å²) >= 11 is 0. The molecule has 1 rings (SSSR count). The molecule has 2 nitrogen and oxygen atoms in total. The maximum absolute atomic E-state index is 5.45. The van der Waals surface area contributed by atoms with Crippen LogP contribution in [0, 0.1) is 19.8 Å². The van der Waals surface area contributed by atoms with E-state index < -0.39 is 0 Å². The molecule has 0 bridgehead atoms. The molecule has 1 heterocycles. The van der Waals surface area contributed by atoms with Crippen LogP contribution >= 0.6 is 0 Å². The molecule has 0 N–H and O–H groups in total. The Balaban J connectivity index is 2.63. The smallest absolute Gasteiger partial charge is 0.147 e. The summed E-state index contributed by atoms with van der Waals surface area (Å²) in [6.07, 6.45) is 1.82. The molecule has 0 spiro atoms. The van der Waals surface area contributed by atoms with Crippen LogP contribution in [0.4, 0.5) is 0 Å². The van der Waals surface area contributed by atoms with E-state index in [2.05, 4.69) is 18.8 Å². The van der Waals surface area contributed by atoms with Crippen LogP contribution < -0.4 is 0 Å². The quantitative estimate of drug-likeness (QED) is 0.655. The Morgan fingerprint density at radius 1 is 1.46 bits per heavy atom. The van der Waals surface area contributed by atoms with Crippen molar-refractivity contribution in [3.05, 3.63) is 23.2 Å². The van der Waals surface area contributed by atoms with Gasteiger partial charge in [0, 0.05) is 6.54 Å². The van der Waals surface area contributed by atoms with Crippen LogP contribution in [0.15, 0.2) is 15.5 Å². The van der Waals surface area contributed by atoms with Gasteiger partial charge < -0.3 is 4.42 Å². The first-order valence-corrected chi connectivity index (χ1v) is 4.66. The molecular weight excluding hydrogens is 162 g/mol. The second-order valence-corrected chi connectivity index (χ2v) is 3.79. The maximum atomic E-state index is 5.45. The lowest BCUT2D eigenvalue weighted by molar-refractivity contribution is 0.525. The van der Waals surface area contributed by atoms with E-state index in [9.17, 15) is 0 Å². The summed E-state index contributed by atoms with van der Waals surface area (Å²) in [5, 5.41) is 0. The van der Waals surface area contributed by atoms with Crippen molar-refractivity contribution < 1.29 is 4.42 Å². The van der Waals surface area contributed by atoms with Crippen molar-refractivity contribution in [2.75, 3.05) is 6.54 Å². The highest BCUT2D eigenvalue weighted by atomic mass is 16.3. The largest absolute Gasteiger partial charge is 0.460 e. The molecule has 13 heavy (non-hydrogen) atoms. The lowest BCUT2D eigenvalue weighted by Gasteiger charge is -1.96. The summed E-state index contributed by atoms with van der Waals surface area (Å²) in [4.78, 5) is 4.30. The predicted octanol–water partition coefficient (Wildman–Crippen LogP) is 2.97. The van der Waals surface area contributed by atoms with Gasteiger partial charge in [-0.15, -0.1) is 0 Å². The number of nitrogens with zero attached hydrogens (tertiary/aromatic N) is 1. The van der Waals surface area contributed by atoms with Gasteiger partial charge in [0.05, 0.1) is 6.21 Å². The van der Waals surface area contributed by atoms with Crippen LogP contribution in [0.2, 0.25) is 0 Å². The minimum absolute atomic E-state index is 0.604. The second-order valence-electron chi connectivity index (χ2n) is 3.79. The molecule has 0 fully saturated rings. The molecule has 0 aliphatic heterocycles. The van der Waals surface area contributed by atoms with E-state index in [1.165, 1.54) is 0 Å². The minimum Gasteiger partial charge on any atom is -0.460 e. The van der Waals surface area contributed by atoms with Crippen LogP contribution in [0.5, 0.6) is 0 Å². The minimum atomic E-state index is 0.604. The molecule has 0 amide bonds. The first-order chi connectivity index (χ1) is 6.09. The van der Waals surface area contributed by atoms with E-state index in [0.29, 0.717) is 5.92 Å². The van der Waals surface area contributed by atoms with Crippen LogP contribution in [-0.4, -0.2) is 12.8 Å². The fraction of sp³-hybridized carbons (Fsp3) is 0.545. The van der Waals surface area contributed by atoms with Crippen molar-refractivity contribution in [1.29, 1.82) is 0 Å². The zero-order valence-corrected chi connectivity index (χ0v) is 8.79. The summed E-state index contributed by atoms with van der Waals surface area (Å²) in [5.41, 5.74) is 1.16. The number of hydrogen-bond donors (Lipinski definition) is 0. The summed E-state index contributed by atoms with van der Waals surface area (Å²) in [6, 6.07) is 2.02. The standard InChI is InChI=1S/C11H17NO/c1-8(2)6-12-7-11-9(3)5-10(4)13-11/h5,7-8H,6H2,1-4H3. The van der Waals surface area contributed by atoms with Gasteiger partial charge in [-0.25, -0.2) is 0 Å². The highest BCUT2D eigenvalue weighted by molar-refractivity contribution is 5.77. The van der Waals surface area contributed by atoms with Gasteiger partial charge in [0.25, 0.3) is 0 Å². The molecule has 0 aliphatic rings. The van der Waals surface area contributed by atoms with E-state index in [1.807, 2.05) is 26.1 Å². The third-order valence-electron chi connectivity index (χ3n) is 1.76. The number of aliphatic imine (C=N–C) groups is 1. The number of furan rings is 1. The third-order valence-corrected chi connectivity index (χ3v) is 1.76. The molecule has 1 aromatic rings. The Morgan fingerprint density at radius 3 is 2.62 bits per heavy atom. The van der Waals surface area contributed by atoms with Gasteiger partial charge in [0.2, 0.25) is 0 Å². The molecular formula is C11H17NO. The SMILES string of the molecule is Cc1cc(C)c(C=NCC(C)C)o1. The summed E-state index contributed by atoms with van der Waals surface area (Å²) in [5.74, 6) is 2.44. The maximum Gasteiger partial charge on any atom is 0.147 e. The highest BCUT2D eigenvalue weighted by Crippen LogP contribution is 2.11. The fourth-order valence-electron chi connectivity index (χ4n) is 1.13. The monoisotopic (exact) mass is 179 g/mol. The van der Waals surface area contributed by atoms with Gasteiger partial charge in [0.15, 0.2) is 0 Å². The van der Waals surface area contributed by atoms with Crippen molar-refractivity contribution in [3.63, 3.8) is 0 Å². The zero-order valence-electron chi connectivity index (χ0n) is 8.79. The van der Waals surface area contributed by atoms with Gasteiger partial charge in [-0.2, -0.15) is 0 Å². The van der Waals surface area contributed by atoms with Crippen LogP contribution in [0.25, 0.3) is 0 Å². The first kappa shape index (κ1) is 10.0. The van der Waals surface area contributed by atoms with Crippen molar-refractivity contribution in [1.82, 2.24) is 0 Å². The number of hydrogen-bond acceptors (Lipinski definition) is 2. The Hall–Kier alpha value is -1.05. The van der Waals surface area contributed by atoms with Crippen LogP contribution in [0.3, 0.4) is 0 Å². The van der Waals surface area contributed by atoms with Gasteiger partial charge in [-0.3, -0.25) is 4.99 Å². The predicted molar refractivity (Wildman–Crippen MR) is 55.5 cm³/mol. The Labute approximate surface area is 79.7 Å². The number of aryl methyl sites for hydroxylation is 2. The average molecular weight is 179 g/mol. The Morgan fingerprint density at radius 2 is 2.15 bits per heavy atom. The van der Waals surface area contributed by atoms with Crippen LogP contribution in [0.1, 0.15) is 30.9 Å². The molecule has 0 saturated carbocycles. The molecule has 0 saturated heterocycles. The molecule has 0 aliphatic carbocycles. The average Bonchev–Trinajstić information content (AvgIpc) is 2.29. The van der Waals surface area contributed by atoms with Gasteiger partial charge >= 0.3 is 0 Å². The summed E-state index contributed by atoms with van der Waals surface area (Å²) in [6.45, 7) is 9.15. The summed E-state index contributed by atoms with van der Waals surface area (Å²) in [7, 11) is 0. The van der Waals surface area contributed by atoms with E-state index in [0.717, 1.165) is 23.6 Å². The zero-order chi connectivity index (χ0) is 9.84. The van der Waals surface area contributed by atoms with E-state index >= 15 is 0 Å². The molecule has 0 unspecified atom stereocenters. The lowest BCUT2D eigenvalue weighted by atomic mass is 10.2. The van der Waals surface area contributed by atoms with Crippen molar-refractivity contribution in [2.45, 2.75) is 27.7 Å². The molecule has 2 heteroatoms. The topological polar surface area (TPSA) is 25.5 Å². The van der Waals surface area contributed by atoms with Crippen LogP contribution in [-0.2, 0) is 0 Å². The summed E-state index contributed by atoms with van der Waals surface area (Å²) < 4.78 is 5.45. The Bertz CT molecular complexity index is 297. The molecule has 72 valence electrons. The third kappa shape index (κ3) is 3.05. The molecule has 0 radical (unpaired) electrons. The van der Waals surface area contributed by atoms with Crippen molar-refractivity contribution >= 4 is 6.21 Å². The molecule has 1 aromatic heterocycles. The van der Waals surface area contributed by atoms with Gasteiger partial charge in [0.1, 0.15) is 11.5 Å². The van der Waals surface area contributed by atoms with Gasteiger partial charge in [-0.05, 0) is 31.4 Å².